The van der Waals surface area contributed by atoms with Gasteiger partial charge < -0.3 is 9.47 Å². The molecule has 0 aromatic heterocycles. The van der Waals surface area contributed by atoms with Gasteiger partial charge in [0.1, 0.15) is 12.4 Å². The number of methoxy groups -OCH3 is 1. The van der Waals surface area contributed by atoms with Crippen molar-refractivity contribution in [2.24, 2.45) is 0 Å². The summed E-state index contributed by atoms with van der Waals surface area (Å²) in [7, 11) is 1.38. The Morgan fingerprint density at radius 2 is 1.80 bits per heavy atom. The molecule has 0 aliphatic rings. The number of benzene rings is 2. The van der Waals surface area contributed by atoms with Crippen LogP contribution in [0.2, 0.25) is 0 Å². The maximum atomic E-state index is 11.3. The first kappa shape index (κ1) is 14.1. The molecule has 0 atom stereocenters. The molecule has 0 radical (unpaired) electrons. The molecule has 0 spiro atoms. The second-order valence-electron chi connectivity index (χ2n) is 4.48. The maximum absolute atomic E-state index is 11.3. The predicted molar refractivity (Wildman–Crippen MR) is 77.9 cm³/mol. The van der Waals surface area contributed by atoms with E-state index in [1.54, 1.807) is 12.1 Å². The van der Waals surface area contributed by atoms with Crippen LogP contribution < -0.4 is 4.74 Å². The molecule has 2 rings (SSSR count). The first-order valence-electron chi connectivity index (χ1n) is 6.62. The van der Waals surface area contributed by atoms with Gasteiger partial charge in [-0.2, -0.15) is 0 Å². The van der Waals surface area contributed by atoms with Crippen LogP contribution in [-0.4, -0.2) is 13.1 Å². The zero-order chi connectivity index (χ0) is 14.4. The molecule has 0 N–H and O–H groups in total. The van der Waals surface area contributed by atoms with Crippen molar-refractivity contribution in [3.05, 3.63) is 65.2 Å². The molecule has 0 saturated heterocycles. The largest absolute Gasteiger partial charge is 0.489 e. The Balaban J connectivity index is 1.98. The minimum atomic E-state index is -0.326. The van der Waals surface area contributed by atoms with E-state index in [2.05, 4.69) is 17.7 Å². The Kier molecular flexibility index (Phi) is 4.77. The summed E-state index contributed by atoms with van der Waals surface area (Å²) in [5.74, 6) is 0.537. The molecule has 0 heterocycles. The van der Waals surface area contributed by atoms with Crippen LogP contribution in [0.4, 0.5) is 0 Å². The molecule has 0 bridgehead atoms. The lowest BCUT2D eigenvalue weighted by atomic mass is 10.1. The highest BCUT2D eigenvalue weighted by Crippen LogP contribution is 2.16. The van der Waals surface area contributed by atoms with Crippen LogP contribution in [0, 0.1) is 0 Å². The van der Waals surface area contributed by atoms with Gasteiger partial charge in [0.25, 0.3) is 0 Å². The van der Waals surface area contributed by atoms with Gasteiger partial charge >= 0.3 is 5.97 Å². The molecule has 2 aromatic carbocycles. The standard InChI is InChI=1S/C17H18O3/c1-3-13-5-4-6-16(11-13)20-12-14-7-9-15(10-8-14)17(18)19-2/h4-11H,3,12H2,1-2H3. The van der Waals surface area contributed by atoms with E-state index in [1.807, 2.05) is 30.3 Å². The molecule has 0 saturated carbocycles. The summed E-state index contributed by atoms with van der Waals surface area (Å²) in [4.78, 5) is 11.3. The average Bonchev–Trinajstić information content (AvgIpc) is 2.53. The number of esters is 1. The third-order valence-electron chi connectivity index (χ3n) is 3.09. The van der Waals surface area contributed by atoms with Crippen molar-refractivity contribution in [2.75, 3.05) is 7.11 Å². The summed E-state index contributed by atoms with van der Waals surface area (Å²) < 4.78 is 10.4. The summed E-state index contributed by atoms with van der Waals surface area (Å²) in [5, 5.41) is 0. The monoisotopic (exact) mass is 270 g/mol. The van der Waals surface area contributed by atoms with Crippen molar-refractivity contribution >= 4 is 5.97 Å². The molecule has 20 heavy (non-hydrogen) atoms. The Morgan fingerprint density at radius 1 is 1.05 bits per heavy atom. The quantitative estimate of drug-likeness (QED) is 0.778. The molecule has 0 unspecified atom stereocenters. The zero-order valence-electron chi connectivity index (χ0n) is 11.8. The molecule has 0 amide bonds. The molecule has 0 aliphatic heterocycles. The minimum Gasteiger partial charge on any atom is -0.489 e. The Morgan fingerprint density at radius 3 is 2.45 bits per heavy atom. The van der Waals surface area contributed by atoms with E-state index in [9.17, 15) is 4.79 Å². The number of hydrogen-bond donors (Lipinski definition) is 0. The first-order chi connectivity index (χ1) is 9.72. The fraction of sp³-hybridized carbons (Fsp3) is 0.235. The second-order valence-corrected chi connectivity index (χ2v) is 4.48. The van der Waals surface area contributed by atoms with Crippen molar-refractivity contribution in [1.82, 2.24) is 0 Å². The van der Waals surface area contributed by atoms with E-state index < -0.39 is 0 Å². The molecular formula is C17H18O3. The van der Waals surface area contributed by atoms with Gasteiger partial charge in [-0.3, -0.25) is 0 Å². The highest BCUT2D eigenvalue weighted by molar-refractivity contribution is 5.89. The Hall–Kier alpha value is -2.29. The Labute approximate surface area is 119 Å². The van der Waals surface area contributed by atoms with E-state index in [0.717, 1.165) is 17.7 Å². The van der Waals surface area contributed by atoms with Gasteiger partial charge in [0.05, 0.1) is 12.7 Å². The van der Waals surface area contributed by atoms with E-state index in [4.69, 9.17) is 4.74 Å². The highest BCUT2D eigenvalue weighted by atomic mass is 16.5. The summed E-state index contributed by atoms with van der Waals surface area (Å²) in [6.45, 7) is 2.60. The van der Waals surface area contributed by atoms with Gasteiger partial charge in [-0.05, 0) is 41.8 Å². The molecule has 3 heteroatoms. The SMILES string of the molecule is CCc1cccc(OCc2ccc(C(=O)OC)cc2)c1. The van der Waals surface area contributed by atoms with Crippen LogP contribution in [0.25, 0.3) is 0 Å². The van der Waals surface area contributed by atoms with Crippen LogP contribution in [0.1, 0.15) is 28.4 Å². The highest BCUT2D eigenvalue weighted by Gasteiger charge is 2.04. The fourth-order valence-electron chi connectivity index (χ4n) is 1.88. The number of hydrogen-bond acceptors (Lipinski definition) is 3. The smallest absolute Gasteiger partial charge is 0.337 e. The second kappa shape index (κ2) is 6.75. The van der Waals surface area contributed by atoms with Crippen molar-refractivity contribution in [1.29, 1.82) is 0 Å². The molecular weight excluding hydrogens is 252 g/mol. The van der Waals surface area contributed by atoms with Crippen molar-refractivity contribution in [2.45, 2.75) is 20.0 Å². The minimum absolute atomic E-state index is 0.326. The van der Waals surface area contributed by atoms with Gasteiger partial charge in [0.2, 0.25) is 0 Å². The molecule has 0 fully saturated rings. The lowest BCUT2D eigenvalue weighted by molar-refractivity contribution is 0.0600. The summed E-state index contributed by atoms with van der Waals surface area (Å²) in [6.07, 6.45) is 0.991. The van der Waals surface area contributed by atoms with Crippen molar-refractivity contribution in [3.8, 4) is 5.75 Å². The number of rotatable bonds is 5. The number of aryl methyl sites for hydroxylation is 1. The number of ether oxygens (including phenoxy) is 2. The van der Waals surface area contributed by atoms with Crippen LogP contribution in [0.5, 0.6) is 5.75 Å². The number of carbonyl (C=O) groups excluding carboxylic acids is 1. The van der Waals surface area contributed by atoms with Crippen molar-refractivity contribution in [3.63, 3.8) is 0 Å². The normalized spacial score (nSPS) is 10.1. The molecule has 104 valence electrons. The molecule has 0 aliphatic carbocycles. The van der Waals surface area contributed by atoms with Gasteiger partial charge in [-0.25, -0.2) is 4.79 Å². The summed E-state index contributed by atoms with van der Waals surface area (Å²) >= 11 is 0. The van der Waals surface area contributed by atoms with E-state index in [-0.39, 0.29) is 5.97 Å². The van der Waals surface area contributed by atoms with Gasteiger partial charge in [0, 0.05) is 0 Å². The predicted octanol–water partition coefficient (Wildman–Crippen LogP) is 3.61. The van der Waals surface area contributed by atoms with Gasteiger partial charge in [-0.1, -0.05) is 31.2 Å². The summed E-state index contributed by atoms with van der Waals surface area (Å²) in [6, 6.07) is 15.3. The molecule has 3 nitrogen and oxygen atoms in total. The Bertz CT molecular complexity index is 573. The summed E-state index contributed by atoms with van der Waals surface area (Å²) in [5.41, 5.74) is 2.81. The van der Waals surface area contributed by atoms with Gasteiger partial charge in [0.15, 0.2) is 0 Å². The lowest BCUT2D eigenvalue weighted by Crippen LogP contribution is -2.02. The third-order valence-corrected chi connectivity index (χ3v) is 3.09. The fourth-order valence-corrected chi connectivity index (χ4v) is 1.88. The average molecular weight is 270 g/mol. The van der Waals surface area contributed by atoms with E-state index >= 15 is 0 Å². The first-order valence-corrected chi connectivity index (χ1v) is 6.62. The maximum Gasteiger partial charge on any atom is 0.337 e. The van der Waals surface area contributed by atoms with E-state index in [1.165, 1.54) is 12.7 Å². The zero-order valence-corrected chi connectivity index (χ0v) is 11.8. The lowest BCUT2D eigenvalue weighted by Gasteiger charge is -2.08. The number of carbonyl (C=O) groups is 1. The van der Waals surface area contributed by atoms with Gasteiger partial charge in [-0.15, -0.1) is 0 Å². The van der Waals surface area contributed by atoms with Crippen LogP contribution in [0.15, 0.2) is 48.5 Å². The van der Waals surface area contributed by atoms with Crippen LogP contribution >= 0.6 is 0 Å². The third kappa shape index (κ3) is 3.60. The van der Waals surface area contributed by atoms with Crippen molar-refractivity contribution < 1.29 is 14.3 Å². The molecule has 2 aromatic rings. The van der Waals surface area contributed by atoms with Crippen LogP contribution in [-0.2, 0) is 17.8 Å². The topological polar surface area (TPSA) is 35.5 Å². The van der Waals surface area contributed by atoms with Crippen LogP contribution in [0.3, 0.4) is 0 Å². The van der Waals surface area contributed by atoms with E-state index in [0.29, 0.717) is 12.2 Å².